The second-order valence-electron chi connectivity index (χ2n) is 16.5. The van der Waals surface area contributed by atoms with E-state index >= 15 is 0 Å². The fraction of sp³-hybridized carbons (Fsp3) is 0. The molecule has 4 aromatic heterocycles. The molecule has 64 heavy (non-hydrogen) atoms. The van der Waals surface area contributed by atoms with Gasteiger partial charge in [0.25, 0.3) is 0 Å². The third-order valence-electron chi connectivity index (χ3n) is 13.0. The van der Waals surface area contributed by atoms with Gasteiger partial charge in [-0.3, -0.25) is 9.97 Å². The molecule has 1 aliphatic carbocycles. The Kier molecular flexibility index (Phi) is 8.18. The van der Waals surface area contributed by atoms with Crippen molar-refractivity contribution in [2.75, 3.05) is 0 Å². The molecule has 0 saturated carbocycles. The highest BCUT2D eigenvalue weighted by atomic mass is 15.0. The van der Waals surface area contributed by atoms with E-state index in [0.29, 0.717) is 0 Å². The molecular formula is C60H38N4. The lowest BCUT2D eigenvalue weighted by Crippen LogP contribution is -1.96. The number of fused-ring (bicyclic) bond motifs is 9. The van der Waals surface area contributed by atoms with Gasteiger partial charge in [0.1, 0.15) is 0 Å². The first kappa shape index (κ1) is 36.1. The van der Waals surface area contributed by atoms with Crippen LogP contribution in [0.25, 0.3) is 99.8 Å². The molecule has 0 radical (unpaired) electrons. The van der Waals surface area contributed by atoms with Gasteiger partial charge in [0.05, 0.1) is 33.5 Å². The molecule has 298 valence electrons. The maximum absolute atomic E-state index is 4.87. The molecule has 0 amide bonds. The van der Waals surface area contributed by atoms with E-state index in [9.17, 15) is 0 Å². The van der Waals surface area contributed by atoms with Crippen molar-refractivity contribution >= 4 is 54.8 Å². The minimum Gasteiger partial charge on any atom is -0.309 e. The van der Waals surface area contributed by atoms with E-state index in [1.54, 1.807) is 0 Å². The van der Waals surface area contributed by atoms with Gasteiger partial charge in [0.2, 0.25) is 0 Å². The van der Waals surface area contributed by atoms with Crippen LogP contribution >= 0.6 is 0 Å². The summed E-state index contributed by atoms with van der Waals surface area (Å²) in [6, 6.07) is 79.1. The van der Waals surface area contributed by atoms with Crippen molar-refractivity contribution in [1.29, 1.82) is 0 Å². The van der Waals surface area contributed by atoms with Crippen molar-refractivity contribution in [3.63, 3.8) is 0 Å². The van der Waals surface area contributed by atoms with Gasteiger partial charge in [0.15, 0.2) is 0 Å². The predicted molar refractivity (Wildman–Crippen MR) is 265 cm³/mol. The number of para-hydroxylation sites is 4. The average molecular weight is 815 g/mol. The molecule has 0 saturated heterocycles. The van der Waals surface area contributed by atoms with E-state index in [0.717, 1.165) is 67.3 Å². The minimum atomic E-state index is 0.919. The Morgan fingerprint density at radius 3 is 1.16 bits per heavy atom. The average Bonchev–Trinajstić information content (AvgIpc) is 4.00. The van der Waals surface area contributed by atoms with E-state index in [4.69, 9.17) is 9.97 Å². The van der Waals surface area contributed by atoms with Crippen LogP contribution in [0.15, 0.2) is 231 Å². The third-order valence-corrected chi connectivity index (χ3v) is 13.0. The number of nitrogens with zero attached hydrogens (tertiary/aromatic N) is 4. The summed E-state index contributed by atoms with van der Waals surface area (Å²) in [7, 11) is 0. The monoisotopic (exact) mass is 814 g/mol. The Balaban J connectivity index is 0.946. The molecule has 1 aliphatic rings. The van der Waals surface area contributed by atoms with E-state index in [-0.39, 0.29) is 0 Å². The standard InChI is InChI=1S/C60H38N4/c1-3-13-45(14-4-1)63-53-21-9-7-17-47(53)49-33-31-43(37-55(49)63)39-23-27-41(28-24-39)57(58-51-19-11-35-61-59(51)60-52(58)20-12-36-62-60)42-29-25-40(26-30-42)44-32-34-50-48-18-8-10-22-54(48)64(56(50)38-44)46-15-5-2-6-16-46/h1-38H. The van der Waals surface area contributed by atoms with Crippen LogP contribution in [-0.2, 0) is 0 Å². The van der Waals surface area contributed by atoms with Gasteiger partial charge in [0, 0.05) is 62.0 Å². The van der Waals surface area contributed by atoms with E-state index in [1.165, 1.54) is 54.7 Å². The lowest BCUT2D eigenvalue weighted by Gasteiger charge is -2.16. The largest absolute Gasteiger partial charge is 0.309 e. The molecule has 0 N–H and O–H groups in total. The normalized spacial score (nSPS) is 12.0. The molecule has 4 nitrogen and oxygen atoms in total. The van der Waals surface area contributed by atoms with Crippen molar-refractivity contribution in [2.45, 2.75) is 0 Å². The van der Waals surface area contributed by atoms with Crippen molar-refractivity contribution in [1.82, 2.24) is 19.1 Å². The molecule has 4 heteroatoms. The number of hydrogen-bond donors (Lipinski definition) is 0. The van der Waals surface area contributed by atoms with Crippen LogP contribution in [0.1, 0.15) is 22.3 Å². The van der Waals surface area contributed by atoms with Gasteiger partial charge in [-0.1, -0.05) is 158 Å². The van der Waals surface area contributed by atoms with E-state index in [2.05, 4.69) is 215 Å². The first-order chi connectivity index (χ1) is 31.8. The smallest absolute Gasteiger partial charge is 0.0971 e. The Hall–Kier alpha value is -8.60. The topological polar surface area (TPSA) is 35.6 Å². The summed E-state index contributed by atoms with van der Waals surface area (Å²) >= 11 is 0. The summed E-state index contributed by atoms with van der Waals surface area (Å²) in [4.78, 5) is 9.73. The first-order valence-electron chi connectivity index (χ1n) is 21.8. The summed E-state index contributed by atoms with van der Waals surface area (Å²) in [5.41, 5.74) is 20.4. The van der Waals surface area contributed by atoms with Gasteiger partial charge in [-0.05, 0) is 99.6 Å². The molecule has 0 unspecified atom stereocenters. The quantitative estimate of drug-likeness (QED) is 0.168. The summed E-state index contributed by atoms with van der Waals surface area (Å²) in [5, 5.41) is 4.99. The molecule has 0 atom stereocenters. The highest BCUT2D eigenvalue weighted by molar-refractivity contribution is 6.13. The highest BCUT2D eigenvalue weighted by Gasteiger charge is 2.29. The van der Waals surface area contributed by atoms with Crippen molar-refractivity contribution in [3.05, 3.63) is 253 Å². The molecular weight excluding hydrogens is 777 g/mol. The Bertz CT molecular complexity index is 3550. The van der Waals surface area contributed by atoms with E-state index < -0.39 is 0 Å². The second-order valence-corrected chi connectivity index (χ2v) is 16.5. The van der Waals surface area contributed by atoms with Gasteiger partial charge < -0.3 is 9.13 Å². The van der Waals surface area contributed by atoms with E-state index in [1.807, 2.05) is 24.5 Å². The predicted octanol–water partition coefficient (Wildman–Crippen LogP) is 15.0. The Morgan fingerprint density at radius 2 is 0.703 bits per heavy atom. The fourth-order valence-electron chi connectivity index (χ4n) is 10.1. The highest BCUT2D eigenvalue weighted by Crippen LogP contribution is 2.48. The summed E-state index contributed by atoms with van der Waals surface area (Å²) in [6.07, 6.45) is 3.73. The van der Waals surface area contributed by atoms with Crippen LogP contribution in [0.5, 0.6) is 0 Å². The van der Waals surface area contributed by atoms with Crippen LogP contribution in [0.3, 0.4) is 0 Å². The zero-order chi connectivity index (χ0) is 42.1. The molecule has 0 bridgehead atoms. The molecule has 12 aromatic rings. The molecule has 8 aromatic carbocycles. The van der Waals surface area contributed by atoms with Crippen LogP contribution < -0.4 is 0 Å². The molecule has 0 aliphatic heterocycles. The Morgan fingerprint density at radius 1 is 0.312 bits per heavy atom. The number of benzene rings is 8. The van der Waals surface area contributed by atoms with Crippen molar-refractivity contribution < 1.29 is 0 Å². The third kappa shape index (κ3) is 5.63. The zero-order valence-electron chi connectivity index (χ0n) is 34.7. The maximum atomic E-state index is 4.87. The Labute approximate surface area is 370 Å². The first-order valence-corrected chi connectivity index (χ1v) is 21.8. The van der Waals surface area contributed by atoms with Gasteiger partial charge in [-0.15, -0.1) is 0 Å². The van der Waals surface area contributed by atoms with Gasteiger partial charge in [-0.2, -0.15) is 0 Å². The zero-order valence-corrected chi connectivity index (χ0v) is 34.7. The fourth-order valence-corrected chi connectivity index (χ4v) is 10.1. The summed E-state index contributed by atoms with van der Waals surface area (Å²) in [5.74, 6) is 0. The lowest BCUT2D eigenvalue weighted by molar-refractivity contribution is 1.18. The van der Waals surface area contributed by atoms with Crippen LogP contribution in [0, 0.1) is 0 Å². The number of aromatic nitrogens is 4. The minimum absolute atomic E-state index is 0.919. The number of rotatable bonds is 6. The van der Waals surface area contributed by atoms with Crippen molar-refractivity contribution in [2.24, 2.45) is 0 Å². The molecule has 0 spiro atoms. The summed E-state index contributed by atoms with van der Waals surface area (Å²) < 4.78 is 4.76. The van der Waals surface area contributed by atoms with Crippen molar-refractivity contribution in [3.8, 4) is 45.0 Å². The second kappa shape index (κ2) is 14.5. The lowest BCUT2D eigenvalue weighted by atomic mass is 9.87. The molecule has 0 fully saturated rings. The molecule has 4 heterocycles. The van der Waals surface area contributed by atoms with Crippen LogP contribution in [-0.4, -0.2) is 19.1 Å². The van der Waals surface area contributed by atoms with Crippen LogP contribution in [0.2, 0.25) is 0 Å². The maximum Gasteiger partial charge on any atom is 0.0971 e. The van der Waals surface area contributed by atoms with Crippen LogP contribution in [0.4, 0.5) is 0 Å². The number of hydrogen-bond acceptors (Lipinski definition) is 2. The SMILES string of the molecule is c1ccc(-n2c3ccccc3c3ccc(-c4ccc(C(=C5c6cccnc6-c6ncccc65)c5ccc(-c6ccc7c8ccccc8n(-c8ccccc8)c7c6)cc5)cc4)cc32)cc1. The summed E-state index contributed by atoms with van der Waals surface area (Å²) in [6.45, 7) is 0. The number of pyridine rings is 2. The van der Waals surface area contributed by atoms with Gasteiger partial charge >= 0.3 is 0 Å². The molecule has 13 rings (SSSR count). The van der Waals surface area contributed by atoms with Gasteiger partial charge in [-0.25, -0.2) is 0 Å².